The average Bonchev–Trinajstić information content (AvgIpc) is 3.33. The number of carbonyl (C=O) groups excluding carboxylic acids is 2. The van der Waals surface area contributed by atoms with Crippen molar-refractivity contribution in [2.24, 2.45) is 0 Å². The highest BCUT2D eigenvalue weighted by atomic mass is 32.1. The monoisotopic (exact) mass is 358 g/mol. The molecule has 0 aromatic carbocycles. The Balaban J connectivity index is 1.47. The zero-order valence-electron chi connectivity index (χ0n) is 13.3. The molecule has 2 amide bonds. The molecule has 0 bridgehead atoms. The van der Waals surface area contributed by atoms with E-state index in [9.17, 15) is 9.59 Å². The Hall–Kier alpha value is -2.94. The molecule has 1 N–H and O–H groups in total. The van der Waals surface area contributed by atoms with Crippen molar-refractivity contribution >= 4 is 28.3 Å². The molecule has 9 heteroatoms. The average molecular weight is 358 g/mol. The Morgan fingerprint density at radius 3 is 3.00 bits per heavy atom. The van der Waals surface area contributed by atoms with E-state index >= 15 is 0 Å². The maximum atomic E-state index is 12.4. The molecule has 0 saturated heterocycles. The maximum Gasteiger partial charge on any atom is 0.289 e. The molecule has 128 valence electrons. The Morgan fingerprint density at radius 2 is 2.28 bits per heavy atom. The zero-order valence-corrected chi connectivity index (χ0v) is 14.1. The van der Waals surface area contributed by atoms with Crippen molar-refractivity contribution in [1.82, 2.24) is 15.0 Å². The summed E-state index contributed by atoms with van der Waals surface area (Å²) in [6.45, 7) is 2.73. The van der Waals surface area contributed by atoms with Gasteiger partial charge in [0.25, 0.3) is 11.8 Å². The Bertz CT molecular complexity index is 928. The van der Waals surface area contributed by atoms with Gasteiger partial charge in [-0.1, -0.05) is 16.5 Å². The SMILES string of the molecule is Cc1cc(C(=O)Nc2nc3c(s2)CN(C(=O)c2ccco2)CC3)no1. The lowest BCUT2D eigenvalue weighted by Gasteiger charge is -2.25. The molecule has 25 heavy (non-hydrogen) atoms. The van der Waals surface area contributed by atoms with E-state index in [-0.39, 0.29) is 17.5 Å². The van der Waals surface area contributed by atoms with E-state index < -0.39 is 0 Å². The fourth-order valence-electron chi connectivity index (χ4n) is 2.61. The molecule has 0 fully saturated rings. The van der Waals surface area contributed by atoms with Gasteiger partial charge in [0, 0.05) is 23.9 Å². The quantitative estimate of drug-likeness (QED) is 0.772. The number of aryl methyl sites for hydroxylation is 1. The molecule has 1 aliphatic heterocycles. The molecular formula is C16H14N4O4S. The molecular weight excluding hydrogens is 344 g/mol. The van der Waals surface area contributed by atoms with Gasteiger partial charge in [0.1, 0.15) is 5.76 Å². The molecule has 3 aromatic rings. The third-order valence-electron chi connectivity index (χ3n) is 3.83. The fourth-order valence-corrected chi connectivity index (χ4v) is 3.63. The van der Waals surface area contributed by atoms with Crippen molar-refractivity contribution in [3.05, 3.63) is 52.2 Å². The third kappa shape index (κ3) is 3.05. The largest absolute Gasteiger partial charge is 0.459 e. The van der Waals surface area contributed by atoms with E-state index in [1.165, 1.54) is 17.6 Å². The number of fused-ring (bicyclic) bond motifs is 1. The van der Waals surface area contributed by atoms with Crippen molar-refractivity contribution < 1.29 is 18.5 Å². The number of carbonyl (C=O) groups is 2. The highest BCUT2D eigenvalue weighted by Crippen LogP contribution is 2.29. The van der Waals surface area contributed by atoms with Crippen LogP contribution >= 0.6 is 11.3 Å². The Labute approximate surface area is 146 Å². The third-order valence-corrected chi connectivity index (χ3v) is 4.83. The standard InChI is InChI=1S/C16H14N4O4S/c1-9-7-11(19-24-9)14(21)18-16-17-10-4-5-20(8-13(10)25-16)15(22)12-3-2-6-23-12/h2-3,6-7H,4-5,8H2,1H3,(H,17,18,21). The van der Waals surface area contributed by atoms with Gasteiger partial charge in [-0.25, -0.2) is 4.98 Å². The summed E-state index contributed by atoms with van der Waals surface area (Å²) in [5, 5.41) is 6.90. The van der Waals surface area contributed by atoms with Crippen molar-refractivity contribution in [2.75, 3.05) is 11.9 Å². The first-order valence-electron chi connectivity index (χ1n) is 7.66. The molecule has 0 radical (unpaired) electrons. The summed E-state index contributed by atoms with van der Waals surface area (Å²) in [4.78, 5) is 31.6. The number of aromatic nitrogens is 2. The number of hydrogen-bond donors (Lipinski definition) is 1. The summed E-state index contributed by atoms with van der Waals surface area (Å²) in [6, 6.07) is 4.90. The topological polar surface area (TPSA) is 101 Å². The summed E-state index contributed by atoms with van der Waals surface area (Å²) in [5.74, 6) is 0.373. The van der Waals surface area contributed by atoms with E-state index in [0.29, 0.717) is 36.2 Å². The van der Waals surface area contributed by atoms with Crippen LogP contribution < -0.4 is 5.32 Å². The molecule has 4 rings (SSSR count). The molecule has 1 aliphatic rings. The minimum Gasteiger partial charge on any atom is -0.459 e. The summed E-state index contributed by atoms with van der Waals surface area (Å²) < 4.78 is 10.1. The first-order valence-corrected chi connectivity index (χ1v) is 8.48. The number of thiazole rings is 1. The minimum atomic E-state index is -0.369. The van der Waals surface area contributed by atoms with Gasteiger partial charge in [-0.2, -0.15) is 0 Å². The summed E-state index contributed by atoms with van der Waals surface area (Å²) in [7, 11) is 0. The number of hydrogen-bond acceptors (Lipinski definition) is 7. The number of nitrogens with one attached hydrogen (secondary N) is 1. The molecule has 0 spiro atoms. The second-order valence-corrected chi connectivity index (χ2v) is 6.70. The molecule has 8 nitrogen and oxygen atoms in total. The molecule has 3 aromatic heterocycles. The van der Waals surface area contributed by atoms with Crippen molar-refractivity contribution in [1.29, 1.82) is 0 Å². The highest BCUT2D eigenvalue weighted by molar-refractivity contribution is 7.15. The van der Waals surface area contributed by atoms with E-state index in [1.54, 1.807) is 30.0 Å². The van der Waals surface area contributed by atoms with Gasteiger partial charge in [0.15, 0.2) is 16.6 Å². The number of anilines is 1. The van der Waals surface area contributed by atoms with Crippen LogP contribution in [0.15, 0.2) is 33.4 Å². The normalized spacial score (nSPS) is 13.6. The first-order chi connectivity index (χ1) is 12.1. The second-order valence-electron chi connectivity index (χ2n) is 5.62. The summed E-state index contributed by atoms with van der Waals surface area (Å²) >= 11 is 1.36. The predicted molar refractivity (Wildman–Crippen MR) is 88.5 cm³/mol. The van der Waals surface area contributed by atoms with Gasteiger partial charge in [0.2, 0.25) is 0 Å². The van der Waals surface area contributed by atoms with Gasteiger partial charge in [-0.15, -0.1) is 0 Å². The Morgan fingerprint density at radius 1 is 1.40 bits per heavy atom. The van der Waals surface area contributed by atoms with Crippen LogP contribution in [0.4, 0.5) is 5.13 Å². The van der Waals surface area contributed by atoms with Crippen LogP contribution in [0.25, 0.3) is 0 Å². The molecule has 0 atom stereocenters. The molecule has 0 saturated carbocycles. The molecule has 0 unspecified atom stereocenters. The van der Waals surface area contributed by atoms with Crippen LogP contribution in [0.1, 0.15) is 37.4 Å². The van der Waals surface area contributed by atoms with Gasteiger partial charge in [0.05, 0.1) is 18.5 Å². The summed E-state index contributed by atoms with van der Waals surface area (Å²) in [6.07, 6.45) is 2.12. The molecule has 0 aliphatic carbocycles. The van der Waals surface area contributed by atoms with Crippen molar-refractivity contribution in [2.45, 2.75) is 19.9 Å². The lowest BCUT2D eigenvalue weighted by molar-refractivity contribution is 0.0704. The molecule has 4 heterocycles. The maximum absolute atomic E-state index is 12.4. The second kappa shape index (κ2) is 6.17. The fraction of sp³-hybridized carbons (Fsp3) is 0.250. The highest BCUT2D eigenvalue weighted by Gasteiger charge is 2.26. The lowest BCUT2D eigenvalue weighted by Crippen LogP contribution is -2.35. The minimum absolute atomic E-state index is 0.146. The van der Waals surface area contributed by atoms with Crippen LogP contribution in [0, 0.1) is 6.92 Å². The van der Waals surface area contributed by atoms with Gasteiger partial charge < -0.3 is 13.8 Å². The van der Waals surface area contributed by atoms with E-state index in [0.717, 1.165) is 10.6 Å². The van der Waals surface area contributed by atoms with Crippen molar-refractivity contribution in [3.63, 3.8) is 0 Å². The Kier molecular flexibility index (Phi) is 3.85. The van der Waals surface area contributed by atoms with Crippen LogP contribution in [0.2, 0.25) is 0 Å². The van der Waals surface area contributed by atoms with Crippen LogP contribution in [-0.4, -0.2) is 33.4 Å². The van der Waals surface area contributed by atoms with E-state index in [2.05, 4.69) is 15.5 Å². The number of furan rings is 1. The van der Waals surface area contributed by atoms with Crippen LogP contribution in [0.3, 0.4) is 0 Å². The number of nitrogens with zero attached hydrogens (tertiary/aromatic N) is 3. The summed E-state index contributed by atoms with van der Waals surface area (Å²) in [5.41, 5.74) is 1.11. The van der Waals surface area contributed by atoms with Crippen LogP contribution in [-0.2, 0) is 13.0 Å². The van der Waals surface area contributed by atoms with Crippen LogP contribution in [0.5, 0.6) is 0 Å². The number of rotatable bonds is 3. The van der Waals surface area contributed by atoms with Gasteiger partial charge in [-0.05, 0) is 19.1 Å². The zero-order chi connectivity index (χ0) is 17.4. The lowest BCUT2D eigenvalue weighted by atomic mass is 10.1. The van der Waals surface area contributed by atoms with Gasteiger partial charge >= 0.3 is 0 Å². The van der Waals surface area contributed by atoms with E-state index in [1.807, 2.05) is 0 Å². The smallest absolute Gasteiger partial charge is 0.289 e. The first kappa shape index (κ1) is 15.6. The van der Waals surface area contributed by atoms with Gasteiger partial charge in [-0.3, -0.25) is 14.9 Å². The number of amides is 2. The van der Waals surface area contributed by atoms with E-state index in [4.69, 9.17) is 8.94 Å². The van der Waals surface area contributed by atoms with Crippen molar-refractivity contribution in [3.8, 4) is 0 Å². The predicted octanol–water partition coefficient (Wildman–Crippen LogP) is 2.48.